The summed E-state index contributed by atoms with van der Waals surface area (Å²) >= 11 is 0. The molecular formula is C9H8N5+. The Balaban J connectivity index is 2.60. The van der Waals surface area contributed by atoms with Crippen LogP contribution in [0.4, 0.5) is 5.95 Å². The molecule has 2 heterocycles. The fourth-order valence-electron chi connectivity index (χ4n) is 1.55. The maximum absolute atomic E-state index is 5.58. The van der Waals surface area contributed by atoms with Gasteiger partial charge in [0.15, 0.2) is 5.52 Å². The van der Waals surface area contributed by atoms with Crippen LogP contribution in [0.25, 0.3) is 21.9 Å². The van der Waals surface area contributed by atoms with Crippen molar-refractivity contribution in [3.63, 3.8) is 0 Å². The Kier molecular flexibility index (Phi) is 1.25. The van der Waals surface area contributed by atoms with Crippen LogP contribution in [0.15, 0.2) is 24.7 Å². The van der Waals surface area contributed by atoms with Gasteiger partial charge in [-0.05, 0) is 12.1 Å². The van der Waals surface area contributed by atoms with Gasteiger partial charge < -0.3 is 4.98 Å². The van der Waals surface area contributed by atoms with Gasteiger partial charge in [0.25, 0.3) is 0 Å². The first kappa shape index (κ1) is 7.25. The van der Waals surface area contributed by atoms with Crippen molar-refractivity contribution in [2.45, 2.75) is 0 Å². The number of anilines is 1. The number of nitrogens with zero attached hydrogens (tertiary/aromatic N) is 2. The first-order valence-electron chi connectivity index (χ1n) is 4.24. The van der Waals surface area contributed by atoms with E-state index in [1.807, 2.05) is 18.3 Å². The molecule has 5 heteroatoms. The minimum Gasteiger partial charge on any atom is -0.344 e. The number of hydrogen-bond donors (Lipinski definition) is 2. The van der Waals surface area contributed by atoms with E-state index in [4.69, 9.17) is 5.73 Å². The van der Waals surface area contributed by atoms with Gasteiger partial charge in [0.2, 0.25) is 0 Å². The second-order valence-corrected chi connectivity index (χ2v) is 3.09. The lowest BCUT2D eigenvalue weighted by Crippen LogP contribution is -2.11. The van der Waals surface area contributed by atoms with E-state index in [-0.39, 0.29) is 0 Å². The number of imidazole rings is 1. The van der Waals surface area contributed by atoms with Gasteiger partial charge in [-0.2, -0.15) is 0 Å². The van der Waals surface area contributed by atoms with E-state index in [0.29, 0.717) is 5.95 Å². The van der Waals surface area contributed by atoms with Gasteiger partial charge in [-0.15, -0.1) is 0 Å². The molecule has 0 bridgehead atoms. The van der Waals surface area contributed by atoms with Crippen LogP contribution in [0, 0.1) is 0 Å². The summed E-state index contributed by atoms with van der Waals surface area (Å²) in [5.74, 6) is 0.396. The smallest absolute Gasteiger partial charge is 0.344 e. The molecule has 0 aliphatic carbocycles. The van der Waals surface area contributed by atoms with Crippen LogP contribution in [-0.4, -0.2) is 15.0 Å². The van der Waals surface area contributed by atoms with Gasteiger partial charge in [-0.25, -0.2) is 9.97 Å². The number of fused-ring (bicyclic) bond motifs is 3. The van der Waals surface area contributed by atoms with Crippen molar-refractivity contribution >= 4 is 27.9 Å². The third-order valence-electron chi connectivity index (χ3n) is 2.20. The molecule has 68 valence electrons. The normalized spacial score (nSPS) is 11.1. The molecule has 0 saturated carbocycles. The summed E-state index contributed by atoms with van der Waals surface area (Å²) in [6.07, 6.45) is 3.48. The molecule has 0 aliphatic heterocycles. The third kappa shape index (κ3) is 0.861. The van der Waals surface area contributed by atoms with Crippen LogP contribution >= 0.6 is 0 Å². The zero-order valence-corrected chi connectivity index (χ0v) is 7.28. The molecule has 0 fully saturated rings. The first-order chi connectivity index (χ1) is 6.84. The largest absolute Gasteiger partial charge is 0.387 e. The van der Waals surface area contributed by atoms with Gasteiger partial charge >= 0.3 is 5.95 Å². The van der Waals surface area contributed by atoms with Crippen molar-refractivity contribution in [3.05, 3.63) is 24.7 Å². The molecular weight excluding hydrogens is 178 g/mol. The summed E-state index contributed by atoms with van der Waals surface area (Å²) in [7, 11) is 0. The molecule has 14 heavy (non-hydrogen) atoms. The molecule has 0 spiro atoms. The lowest BCUT2D eigenvalue weighted by molar-refractivity contribution is -0.362. The van der Waals surface area contributed by atoms with Gasteiger partial charge in [-0.1, -0.05) is 4.98 Å². The minimum atomic E-state index is 0.396. The molecule has 1 aromatic carbocycles. The molecule has 0 atom stereocenters. The van der Waals surface area contributed by atoms with E-state index >= 15 is 0 Å². The summed E-state index contributed by atoms with van der Waals surface area (Å²) < 4.78 is 0. The molecule has 3 rings (SSSR count). The Labute approximate surface area is 79.0 Å². The number of aromatic nitrogens is 4. The molecule has 3 aromatic rings. The van der Waals surface area contributed by atoms with Gasteiger partial charge in [0.05, 0.1) is 23.4 Å². The number of hydrogen-bond acceptors (Lipinski definition) is 3. The number of nitrogens with two attached hydrogens (primary N) is 1. The predicted octanol–water partition coefficient (Wildman–Crippen LogP) is 0.507. The Morgan fingerprint density at radius 1 is 1.29 bits per heavy atom. The molecule has 0 aliphatic rings. The second kappa shape index (κ2) is 2.41. The zero-order chi connectivity index (χ0) is 9.54. The highest BCUT2D eigenvalue weighted by atomic mass is 15.0. The van der Waals surface area contributed by atoms with Crippen LogP contribution in [-0.2, 0) is 0 Å². The Hall–Kier alpha value is -2.17. The van der Waals surface area contributed by atoms with Crippen LogP contribution in [0.2, 0.25) is 0 Å². The van der Waals surface area contributed by atoms with Gasteiger partial charge in [0.1, 0.15) is 5.52 Å². The number of benzene rings is 1. The molecule has 0 radical (unpaired) electrons. The maximum Gasteiger partial charge on any atom is 0.387 e. The van der Waals surface area contributed by atoms with Crippen molar-refractivity contribution < 1.29 is 4.98 Å². The second-order valence-electron chi connectivity index (χ2n) is 3.09. The fraction of sp³-hybridized carbons (Fsp3) is 0. The molecule has 0 saturated heterocycles. The van der Waals surface area contributed by atoms with E-state index in [1.54, 1.807) is 6.33 Å². The number of H-pyrrole nitrogens is 2. The quantitative estimate of drug-likeness (QED) is 0.536. The maximum atomic E-state index is 5.58. The summed E-state index contributed by atoms with van der Waals surface area (Å²) in [6, 6.07) is 3.94. The number of nitrogen functional groups attached to an aromatic ring is 1. The van der Waals surface area contributed by atoms with E-state index < -0.39 is 0 Å². The van der Waals surface area contributed by atoms with Gasteiger partial charge in [-0.3, -0.25) is 5.73 Å². The molecule has 0 amide bonds. The molecule has 4 N–H and O–H groups in total. The van der Waals surface area contributed by atoms with Gasteiger partial charge in [0, 0.05) is 0 Å². The van der Waals surface area contributed by atoms with E-state index in [2.05, 4.69) is 19.9 Å². The lowest BCUT2D eigenvalue weighted by Gasteiger charge is -1.93. The highest BCUT2D eigenvalue weighted by Gasteiger charge is 2.08. The molecule has 2 aromatic heterocycles. The molecule has 0 unspecified atom stereocenters. The average molecular weight is 186 g/mol. The van der Waals surface area contributed by atoms with E-state index in [0.717, 1.165) is 21.9 Å². The SMILES string of the molecule is Nc1nc2c(ccc3[nH]cnc32)c[nH+]1. The Morgan fingerprint density at radius 2 is 2.21 bits per heavy atom. The van der Waals surface area contributed by atoms with Crippen molar-refractivity contribution in [1.29, 1.82) is 0 Å². The summed E-state index contributed by atoms with van der Waals surface area (Å²) in [6.45, 7) is 0. The highest BCUT2D eigenvalue weighted by molar-refractivity contribution is 6.00. The minimum absolute atomic E-state index is 0.396. The van der Waals surface area contributed by atoms with Crippen molar-refractivity contribution in [3.8, 4) is 0 Å². The number of rotatable bonds is 0. The van der Waals surface area contributed by atoms with Crippen molar-refractivity contribution in [2.75, 3.05) is 5.73 Å². The summed E-state index contributed by atoms with van der Waals surface area (Å²) in [4.78, 5) is 14.3. The topological polar surface area (TPSA) is 81.7 Å². The number of aromatic amines is 2. The van der Waals surface area contributed by atoms with Crippen LogP contribution < -0.4 is 10.7 Å². The first-order valence-corrected chi connectivity index (χ1v) is 4.24. The zero-order valence-electron chi connectivity index (χ0n) is 7.28. The monoisotopic (exact) mass is 186 g/mol. The Morgan fingerprint density at radius 3 is 3.14 bits per heavy atom. The highest BCUT2D eigenvalue weighted by Crippen LogP contribution is 2.19. The average Bonchev–Trinajstić information content (AvgIpc) is 2.65. The summed E-state index contributed by atoms with van der Waals surface area (Å²) in [5, 5.41) is 0.999. The fourth-order valence-corrected chi connectivity index (χ4v) is 1.55. The van der Waals surface area contributed by atoms with Crippen LogP contribution in [0.1, 0.15) is 0 Å². The standard InChI is InChI=1S/C9H7N5/c10-9-11-3-5-1-2-6-8(7(5)14-9)13-4-12-6/h1-4H,(H,12,13)(H2,10,11,14)/p+1. The van der Waals surface area contributed by atoms with Crippen LogP contribution in [0.3, 0.4) is 0 Å². The van der Waals surface area contributed by atoms with Crippen molar-refractivity contribution in [2.24, 2.45) is 0 Å². The predicted molar refractivity (Wildman–Crippen MR) is 52.4 cm³/mol. The molecule has 5 nitrogen and oxygen atoms in total. The third-order valence-corrected chi connectivity index (χ3v) is 2.20. The summed E-state index contributed by atoms with van der Waals surface area (Å²) in [5.41, 5.74) is 8.22. The van der Waals surface area contributed by atoms with Crippen LogP contribution in [0.5, 0.6) is 0 Å². The van der Waals surface area contributed by atoms with Crippen molar-refractivity contribution in [1.82, 2.24) is 15.0 Å². The number of nitrogens with one attached hydrogen (secondary N) is 2. The van der Waals surface area contributed by atoms with E-state index in [9.17, 15) is 0 Å². The van der Waals surface area contributed by atoms with E-state index in [1.165, 1.54) is 0 Å². The Bertz CT molecular complexity index is 613. The lowest BCUT2D eigenvalue weighted by atomic mass is 10.2.